The Bertz CT molecular complexity index is 685. The maximum atomic E-state index is 12.0. The topological polar surface area (TPSA) is 94.1 Å². The van der Waals surface area contributed by atoms with E-state index in [1.807, 2.05) is 4.90 Å². The highest BCUT2D eigenvalue weighted by atomic mass is 32.2. The summed E-state index contributed by atoms with van der Waals surface area (Å²) in [6, 6.07) is 1.75. The van der Waals surface area contributed by atoms with Crippen molar-refractivity contribution < 1.29 is 22.6 Å². The highest BCUT2D eigenvalue weighted by molar-refractivity contribution is 7.88. The third-order valence-electron chi connectivity index (χ3n) is 4.19. The number of aromatic nitrogens is 2. The molecule has 2 aliphatic heterocycles. The fraction of sp³-hybridized carbons (Fsp3) is 0.714. The minimum atomic E-state index is -3.31. The lowest BCUT2D eigenvalue weighted by Gasteiger charge is -2.43. The Hall–Kier alpha value is -1.49. The molecule has 0 aliphatic carbocycles. The quantitative estimate of drug-likeness (QED) is 0.704. The molecule has 3 heterocycles. The van der Waals surface area contributed by atoms with Crippen LogP contribution in [0.2, 0.25) is 0 Å². The van der Waals surface area contributed by atoms with Crippen LogP contribution in [0.3, 0.4) is 0 Å². The molecule has 0 N–H and O–H groups in total. The van der Waals surface area contributed by atoms with Gasteiger partial charge in [-0.25, -0.2) is 18.4 Å². The van der Waals surface area contributed by atoms with Crippen molar-refractivity contribution in [1.29, 1.82) is 0 Å². The summed E-state index contributed by atoms with van der Waals surface area (Å²) in [6.45, 7) is 2.92. The van der Waals surface area contributed by atoms with Crippen molar-refractivity contribution in [3.63, 3.8) is 0 Å². The molecule has 0 saturated carbocycles. The third kappa shape index (κ3) is 3.77. The van der Waals surface area contributed by atoms with E-state index in [1.165, 1.54) is 16.9 Å². The predicted octanol–water partition coefficient (Wildman–Crippen LogP) is -0.648. The maximum Gasteiger partial charge on any atom is 0.218 e. The Labute approximate surface area is 141 Å². The molecule has 1 spiro atoms. The SMILES string of the molecule is COc1cc(N2CCO[C@@]3(COCCN(S(C)(=O)=O)C3)C2)ncn1. The Morgan fingerprint density at radius 1 is 1.25 bits per heavy atom. The van der Waals surface area contributed by atoms with Crippen LogP contribution in [0.4, 0.5) is 5.82 Å². The van der Waals surface area contributed by atoms with E-state index < -0.39 is 15.6 Å². The summed E-state index contributed by atoms with van der Waals surface area (Å²) < 4.78 is 42.1. The zero-order valence-corrected chi connectivity index (χ0v) is 14.7. The highest BCUT2D eigenvalue weighted by Gasteiger charge is 2.42. The first-order chi connectivity index (χ1) is 11.4. The van der Waals surface area contributed by atoms with Crippen molar-refractivity contribution in [2.75, 3.05) is 64.3 Å². The van der Waals surface area contributed by atoms with Crippen LogP contribution in [0.1, 0.15) is 0 Å². The van der Waals surface area contributed by atoms with Gasteiger partial charge in [-0.15, -0.1) is 0 Å². The summed E-state index contributed by atoms with van der Waals surface area (Å²) in [5.41, 5.74) is -0.712. The molecular weight excluding hydrogens is 336 g/mol. The van der Waals surface area contributed by atoms with E-state index in [9.17, 15) is 8.42 Å². The van der Waals surface area contributed by atoms with Gasteiger partial charge in [-0.05, 0) is 0 Å². The molecule has 134 valence electrons. The molecule has 3 rings (SSSR count). The molecule has 2 fully saturated rings. The first kappa shape index (κ1) is 17.3. The van der Waals surface area contributed by atoms with E-state index in [-0.39, 0.29) is 6.54 Å². The van der Waals surface area contributed by atoms with Crippen LogP contribution in [-0.2, 0) is 19.5 Å². The molecule has 1 aromatic rings. The molecule has 0 radical (unpaired) electrons. The molecule has 1 atom stereocenters. The zero-order chi connectivity index (χ0) is 17.2. The summed E-state index contributed by atoms with van der Waals surface area (Å²) in [7, 11) is -1.76. The number of anilines is 1. The summed E-state index contributed by atoms with van der Waals surface area (Å²) in [5, 5.41) is 0. The van der Waals surface area contributed by atoms with E-state index in [0.717, 1.165) is 5.82 Å². The molecular formula is C14H22N4O5S. The number of hydrogen-bond acceptors (Lipinski definition) is 8. The van der Waals surface area contributed by atoms with Gasteiger partial charge < -0.3 is 19.1 Å². The van der Waals surface area contributed by atoms with Gasteiger partial charge in [0.15, 0.2) is 0 Å². The Balaban J connectivity index is 1.82. The molecule has 2 aliphatic rings. The van der Waals surface area contributed by atoms with Gasteiger partial charge in [0.2, 0.25) is 15.9 Å². The van der Waals surface area contributed by atoms with E-state index in [2.05, 4.69) is 9.97 Å². The van der Waals surface area contributed by atoms with Crippen molar-refractivity contribution in [2.24, 2.45) is 0 Å². The van der Waals surface area contributed by atoms with Crippen LogP contribution in [0.15, 0.2) is 12.4 Å². The normalized spacial score (nSPS) is 26.3. The summed E-state index contributed by atoms with van der Waals surface area (Å²) in [6.07, 6.45) is 2.66. The van der Waals surface area contributed by atoms with Crippen molar-refractivity contribution in [2.45, 2.75) is 5.60 Å². The van der Waals surface area contributed by atoms with E-state index in [1.54, 1.807) is 13.2 Å². The third-order valence-corrected chi connectivity index (χ3v) is 5.44. The van der Waals surface area contributed by atoms with Gasteiger partial charge >= 0.3 is 0 Å². The Morgan fingerprint density at radius 3 is 2.83 bits per heavy atom. The maximum absolute atomic E-state index is 12.0. The number of hydrogen-bond donors (Lipinski definition) is 0. The second-order valence-electron chi connectivity index (χ2n) is 6.02. The summed E-state index contributed by atoms with van der Waals surface area (Å²) >= 11 is 0. The standard InChI is InChI=1S/C14H22N4O5S/c1-21-13-7-12(15-11-16-13)17-3-6-23-14(8-17)9-18(24(2,19)20)4-5-22-10-14/h7,11H,3-6,8-10H2,1-2H3/t14-/m0/s1. The van der Waals surface area contributed by atoms with Gasteiger partial charge in [-0.1, -0.05) is 0 Å². The van der Waals surface area contributed by atoms with Crippen LogP contribution in [0.5, 0.6) is 5.88 Å². The molecule has 10 heteroatoms. The number of sulfonamides is 1. The van der Waals surface area contributed by atoms with Crippen LogP contribution in [0, 0.1) is 0 Å². The monoisotopic (exact) mass is 358 g/mol. The van der Waals surface area contributed by atoms with Crippen LogP contribution >= 0.6 is 0 Å². The first-order valence-corrected chi connectivity index (χ1v) is 9.55. The van der Waals surface area contributed by atoms with Crippen molar-refractivity contribution >= 4 is 15.8 Å². The second-order valence-corrected chi connectivity index (χ2v) is 8.00. The zero-order valence-electron chi connectivity index (χ0n) is 13.8. The van der Waals surface area contributed by atoms with Crippen molar-refractivity contribution in [1.82, 2.24) is 14.3 Å². The van der Waals surface area contributed by atoms with Gasteiger partial charge in [-0.2, -0.15) is 4.31 Å². The molecule has 1 aromatic heterocycles. The van der Waals surface area contributed by atoms with Crippen LogP contribution in [-0.4, -0.2) is 87.7 Å². The fourth-order valence-electron chi connectivity index (χ4n) is 2.99. The second kappa shape index (κ2) is 6.79. The largest absolute Gasteiger partial charge is 0.481 e. The van der Waals surface area contributed by atoms with Crippen molar-refractivity contribution in [3.05, 3.63) is 12.4 Å². The molecule has 24 heavy (non-hydrogen) atoms. The van der Waals surface area contributed by atoms with Crippen molar-refractivity contribution in [3.8, 4) is 5.88 Å². The van der Waals surface area contributed by atoms with Gasteiger partial charge in [0.1, 0.15) is 17.7 Å². The Morgan fingerprint density at radius 2 is 2.08 bits per heavy atom. The molecule has 0 bridgehead atoms. The van der Waals surface area contributed by atoms with Gasteiger partial charge in [0, 0.05) is 25.7 Å². The van der Waals surface area contributed by atoms with Gasteiger partial charge in [0.25, 0.3) is 0 Å². The molecule has 0 amide bonds. The molecule has 0 aromatic carbocycles. The molecule has 2 saturated heterocycles. The first-order valence-electron chi connectivity index (χ1n) is 7.70. The average molecular weight is 358 g/mol. The van der Waals surface area contributed by atoms with E-state index >= 15 is 0 Å². The average Bonchev–Trinajstić information content (AvgIpc) is 2.77. The lowest BCUT2D eigenvalue weighted by molar-refractivity contribution is -0.0955. The lowest BCUT2D eigenvalue weighted by atomic mass is 10.0. The number of morpholine rings is 1. The van der Waals surface area contributed by atoms with Crippen LogP contribution < -0.4 is 9.64 Å². The number of ether oxygens (including phenoxy) is 3. The lowest BCUT2D eigenvalue weighted by Crippen LogP contribution is -2.59. The molecule has 0 unspecified atom stereocenters. The van der Waals surface area contributed by atoms with E-state index in [4.69, 9.17) is 14.2 Å². The fourth-order valence-corrected chi connectivity index (χ4v) is 3.87. The Kier molecular flexibility index (Phi) is 4.90. The predicted molar refractivity (Wildman–Crippen MR) is 86.7 cm³/mol. The number of methoxy groups -OCH3 is 1. The minimum Gasteiger partial charge on any atom is -0.481 e. The summed E-state index contributed by atoms with van der Waals surface area (Å²) in [4.78, 5) is 10.3. The number of nitrogens with zero attached hydrogens (tertiary/aromatic N) is 4. The minimum absolute atomic E-state index is 0.268. The van der Waals surface area contributed by atoms with E-state index in [0.29, 0.717) is 45.3 Å². The van der Waals surface area contributed by atoms with Crippen LogP contribution in [0.25, 0.3) is 0 Å². The van der Waals surface area contributed by atoms with Gasteiger partial charge in [-0.3, -0.25) is 0 Å². The summed E-state index contributed by atoms with van der Waals surface area (Å²) in [5.74, 6) is 1.20. The highest BCUT2D eigenvalue weighted by Crippen LogP contribution is 2.27. The van der Waals surface area contributed by atoms with Gasteiger partial charge in [0.05, 0.1) is 39.7 Å². The smallest absolute Gasteiger partial charge is 0.218 e. The molecule has 9 nitrogen and oxygen atoms in total. The number of rotatable bonds is 3.